The number of carbonyl (C=O) groups excluding carboxylic acids is 1. The first-order valence-electron chi connectivity index (χ1n) is 6.60. The molecule has 1 fully saturated rings. The third-order valence-corrected chi connectivity index (χ3v) is 4.46. The van der Waals surface area contributed by atoms with Gasteiger partial charge in [-0.05, 0) is 48.9 Å². The molecule has 104 valence electrons. The van der Waals surface area contributed by atoms with E-state index in [2.05, 4.69) is 45.2 Å². The van der Waals surface area contributed by atoms with Crippen LogP contribution < -0.4 is 5.32 Å². The fourth-order valence-electron chi connectivity index (χ4n) is 2.70. The molecular formula is C14H20BrN3O. The second-order valence-corrected chi connectivity index (χ2v) is 6.32. The number of pyridine rings is 1. The monoisotopic (exact) mass is 325 g/mol. The Balaban J connectivity index is 2.00. The molecule has 0 spiro atoms. The van der Waals surface area contributed by atoms with Gasteiger partial charge < -0.3 is 10.2 Å². The largest absolute Gasteiger partial charge is 0.350 e. The lowest BCUT2D eigenvalue weighted by Crippen LogP contribution is -2.50. The zero-order valence-corrected chi connectivity index (χ0v) is 13.0. The van der Waals surface area contributed by atoms with E-state index in [1.807, 2.05) is 0 Å². The van der Waals surface area contributed by atoms with Crippen molar-refractivity contribution in [3.05, 3.63) is 28.5 Å². The van der Waals surface area contributed by atoms with Gasteiger partial charge in [0.15, 0.2) is 0 Å². The second kappa shape index (κ2) is 6.01. The molecule has 0 atom stereocenters. The van der Waals surface area contributed by atoms with Gasteiger partial charge in [0.2, 0.25) is 0 Å². The Bertz CT molecular complexity index is 456. The van der Waals surface area contributed by atoms with Gasteiger partial charge in [0, 0.05) is 29.0 Å². The van der Waals surface area contributed by atoms with Crippen molar-refractivity contribution in [1.82, 2.24) is 15.2 Å². The first kappa shape index (κ1) is 14.5. The average molecular weight is 326 g/mol. The van der Waals surface area contributed by atoms with E-state index in [0.29, 0.717) is 12.1 Å². The van der Waals surface area contributed by atoms with Crippen molar-refractivity contribution < 1.29 is 4.79 Å². The predicted molar refractivity (Wildman–Crippen MR) is 79.2 cm³/mol. The highest BCUT2D eigenvalue weighted by Gasteiger charge is 2.36. The van der Waals surface area contributed by atoms with Gasteiger partial charge in [-0.15, -0.1) is 0 Å². The molecule has 0 aliphatic heterocycles. The van der Waals surface area contributed by atoms with E-state index >= 15 is 0 Å². The number of carbonyl (C=O) groups is 1. The lowest BCUT2D eigenvalue weighted by Gasteiger charge is -2.36. The van der Waals surface area contributed by atoms with Gasteiger partial charge in [-0.1, -0.05) is 12.8 Å². The highest BCUT2D eigenvalue weighted by Crippen LogP contribution is 2.33. The highest BCUT2D eigenvalue weighted by molar-refractivity contribution is 9.10. The molecule has 1 aliphatic rings. The van der Waals surface area contributed by atoms with Crippen LogP contribution in [0, 0.1) is 0 Å². The number of halogens is 1. The molecule has 1 amide bonds. The van der Waals surface area contributed by atoms with E-state index in [9.17, 15) is 4.79 Å². The zero-order chi connectivity index (χ0) is 13.9. The van der Waals surface area contributed by atoms with Gasteiger partial charge in [0.25, 0.3) is 5.91 Å². The number of hydrogen-bond donors (Lipinski definition) is 1. The van der Waals surface area contributed by atoms with E-state index in [4.69, 9.17) is 0 Å². The molecule has 1 heterocycles. The quantitative estimate of drug-likeness (QED) is 0.924. The van der Waals surface area contributed by atoms with Gasteiger partial charge >= 0.3 is 0 Å². The van der Waals surface area contributed by atoms with Crippen LogP contribution in [0.5, 0.6) is 0 Å². The van der Waals surface area contributed by atoms with Gasteiger partial charge in [0.1, 0.15) is 0 Å². The summed E-state index contributed by atoms with van der Waals surface area (Å²) >= 11 is 3.33. The molecule has 0 radical (unpaired) electrons. The van der Waals surface area contributed by atoms with Crippen molar-refractivity contribution in [1.29, 1.82) is 0 Å². The summed E-state index contributed by atoms with van der Waals surface area (Å²) in [5, 5.41) is 3.05. The molecular weight excluding hydrogens is 306 g/mol. The van der Waals surface area contributed by atoms with Crippen molar-refractivity contribution >= 4 is 21.8 Å². The lowest BCUT2D eigenvalue weighted by molar-refractivity contribution is 0.0899. The van der Waals surface area contributed by atoms with Crippen molar-refractivity contribution in [2.45, 2.75) is 31.2 Å². The zero-order valence-electron chi connectivity index (χ0n) is 11.4. The summed E-state index contributed by atoms with van der Waals surface area (Å²) in [5.41, 5.74) is 0.719. The third kappa shape index (κ3) is 3.34. The number of rotatable bonds is 4. The lowest BCUT2D eigenvalue weighted by atomic mass is 9.96. The molecule has 5 heteroatoms. The van der Waals surface area contributed by atoms with Crippen molar-refractivity contribution in [2.75, 3.05) is 20.6 Å². The van der Waals surface area contributed by atoms with Crippen molar-refractivity contribution in [3.63, 3.8) is 0 Å². The molecule has 19 heavy (non-hydrogen) atoms. The molecule has 0 saturated heterocycles. The van der Waals surface area contributed by atoms with Gasteiger partial charge in [0.05, 0.1) is 5.56 Å². The summed E-state index contributed by atoms with van der Waals surface area (Å²) in [5.74, 6) is -0.0538. The van der Waals surface area contributed by atoms with Crippen LogP contribution in [-0.4, -0.2) is 42.0 Å². The SMILES string of the molecule is CN(C)C1(CNC(=O)c2cncc(Br)c2)CCCC1. The maximum Gasteiger partial charge on any atom is 0.252 e. The maximum atomic E-state index is 12.1. The fourth-order valence-corrected chi connectivity index (χ4v) is 3.06. The van der Waals surface area contributed by atoms with E-state index < -0.39 is 0 Å². The van der Waals surface area contributed by atoms with E-state index in [-0.39, 0.29) is 11.4 Å². The van der Waals surface area contributed by atoms with Crippen LogP contribution in [0.1, 0.15) is 36.0 Å². The van der Waals surface area contributed by atoms with E-state index in [0.717, 1.165) is 17.3 Å². The Kier molecular flexibility index (Phi) is 4.58. The topological polar surface area (TPSA) is 45.2 Å². The number of nitrogens with one attached hydrogen (secondary N) is 1. The van der Waals surface area contributed by atoms with Crippen LogP contribution in [-0.2, 0) is 0 Å². The fraction of sp³-hybridized carbons (Fsp3) is 0.571. The Morgan fingerprint density at radius 1 is 1.42 bits per heavy atom. The van der Waals surface area contributed by atoms with Crippen LogP contribution in [0.25, 0.3) is 0 Å². The van der Waals surface area contributed by atoms with Crippen LogP contribution in [0.4, 0.5) is 0 Å². The summed E-state index contributed by atoms with van der Waals surface area (Å²) in [6, 6.07) is 1.79. The first-order valence-corrected chi connectivity index (χ1v) is 7.39. The minimum Gasteiger partial charge on any atom is -0.350 e. The Hall–Kier alpha value is -0.940. The molecule has 0 unspecified atom stereocenters. The van der Waals surface area contributed by atoms with Crippen LogP contribution >= 0.6 is 15.9 Å². The Morgan fingerprint density at radius 2 is 2.11 bits per heavy atom. The number of aromatic nitrogens is 1. The van der Waals surface area contributed by atoms with Crippen LogP contribution in [0.2, 0.25) is 0 Å². The van der Waals surface area contributed by atoms with Crippen LogP contribution in [0.15, 0.2) is 22.9 Å². The molecule has 0 bridgehead atoms. The summed E-state index contributed by atoms with van der Waals surface area (Å²) in [6.07, 6.45) is 8.05. The molecule has 1 saturated carbocycles. The minimum atomic E-state index is -0.0538. The standard InChI is InChI=1S/C14H20BrN3O/c1-18(2)14(5-3-4-6-14)10-17-13(19)11-7-12(15)9-16-8-11/h7-9H,3-6,10H2,1-2H3,(H,17,19). The first-order chi connectivity index (χ1) is 9.03. The smallest absolute Gasteiger partial charge is 0.252 e. The predicted octanol–water partition coefficient (Wildman–Crippen LogP) is 2.45. The summed E-state index contributed by atoms with van der Waals surface area (Å²) in [7, 11) is 4.19. The van der Waals surface area contributed by atoms with Gasteiger partial charge in [-0.2, -0.15) is 0 Å². The molecule has 2 rings (SSSR count). The van der Waals surface area contributed by atoms with E-state index in [1.165, 1.54) is 12.8 Å². The molecule has 4 nitrogen and oxygen atoms in total. The molecule has 1 aromatic rings. The molecule has 1 aromatic heterocycles. The highest BCUT2D eigenvalue weighted by atomic mass is 79.9. The number of likely N-dealkylation sites (N-methyl/N-ethyl adjacent to an activating group) is 1. The number of nitrogens with zero attached hydrogens (tertiary/aromatic N) is 2. The Labute approximate surface area is 122 Å². The van der Waals surface area contributed by atoms with Crippen LogP contribution in [0.3, 0.4) is 0 Å². The number of amides is 1. The maximum absolute atomic E-state index is 12.1. The molecule has 1 N–H and O–H groups in total. The van der Waals surface area contributed by atoms with Crippen molar-refractivity contribution in [2.24, 2.45) is 0 Å². The Morgan fingerprint density at radius 3 is 2.68 bits per heavy atom. The minimum absolute atomic E-state index is 0.0538. The average Bonchev–Trinajstić information content (AvgIpc) is 2.86. The van der Waals surface area contributed by atoms with E-state index in [1.54, 1.807) is 18.5 Å². The number of hydrogen-bond acceptors (Lipinski definition) is 3. The third-order valence-electron chi connectivity index (χ3n) is 4.03. The summed E-state index contributed by atoms with van der Waals surface area (Å²) in [4.78, 5) is 18.4. The molecule has 0 aromatic carbocycles. The van der Waals surface area contributed by atoms with Gasteiger partial charge in [-0.25, -0.2) is 0 Å². The summed E-state index contributed by atoms with van der Waals surface area (Å²) < 4.78 is 0.823. The van der Waals surface area contributed by atoms with Crippen molar-refractivity contribution in [3.8, 4) is 0 Å². The second-order valence-electron chi connectivity index (χ2n) is 5.40. The molecule has 1 aliphatic carbocycles. The van der Waals surface area contributed by atoms with Gasteiger partial charge in [-0.3, -0.25) is 9.78 Å². The normalized spacial score (nSPS) is 17.7. The summed E-state index contributed by atoms with van der Waals surface area (Å²) in [6.45, 7) is 0.700.